The van der Waals surface area contributed by atoms with Crippen LogP contribution < -0.4 is 0 Å². The minimum atomic E-state index is -1.10. The number of halogens is 1. The minimum absolute atomic E-state index is 0.0689. The molecule has 138 valence electrons. The maximum atomic E-state index is 12.4. The van der Waals surface area contributed by atoms with E-state index in [0.29, 0.717) is 10.6 Å². The van der Waals surface area contributed by atoms with Gasteiger partial charge in [0.05, 0.1) is 0 Å². The van der Waals surface area contributed by atoms with E-state index in [1.807, 2.05) is 0 Å². The van der Waals surface area contributed by atoms with Gasteiger partial charge in [-0.15, -0.1) is 0 Å². The van der Waals surface area contributed by atoms with Crippen molar-refractivity contribution in [2.45, 2.75) is 38.4 Å². The molecule has 6 nitrogen and oxygen atoms in total. The van der Waals surface area contributed by atoms with Crippen LogP contribution in [0.3, 0.4) is 0 Å². The molecule has 1 saturated heterocycles. The largest absolute Gasteiger partial charge is 0.446 e. The number of hydrogen-bond donors (Lipinski definition) is 0. The van der Waals surface area contributed by atoms with E-state index in [4.69, 9.17) is 21.1 Å². The Kier molecular flexibility index (Phi) is 4.56. The van der Waals surface area contributed by atoms with E-state index >= 15 is 0 Å². The van der Waals surface area contributed by atoms with Crippen LogP contribution in [0.2, 0.25) is 5.02 Å². The SMILES string of the molecule is CC(C)(C)OC(=O)N1C[C@H]([C@@]2(c3ccc(Cl)cc3)C=CC(=O)O2)CC1=O. The number of likely N-dealkylation sites (tertiary alicyclic amines) is 1. The van der Waals surface area contributed by atoms with E-state index in [-0.39, 0.29) is 18.9 Å². The van der Waals surface area contributed by atoms with Crippen molar-refractivity contribution in [1.82, 2.24) is 4.90 Å². The van der Waals surface area contributed by atoms with Gasteiger partial charge in [0.2, 0.25) is 5.91 Å². The van der Waals surface area contributed by atoms with Crippen LogP contribution in [-0.4, -0.2) is 35.0 Å². The molecular formula is C19H20ClNO5. The van der Waals surface area contributed by atoms with Crippen molar-refractivity contribution in [2.75, 3.05) is 6.54 Å². The van der Waals surface area contributed by atoms with Gasteiger partial charge in [-0.3, -0.25) is 4.79 Å². The van der Waals surface area contributed by atoms with Crippen LogP contribution in [0.25, 0.3) is 0 Å². The highest BCUT2D eigenvalue weighted by Gasteiger charge is 2.51. The number of carbonyl (C=O) groups is 3. The number of imide groups is 1. The summed E-state index contributed by atoms with van der Waals surface area (Å²) < 4.78 is 10.9. The Balaban J connectivity index is 1.89. The first-order valence-corrected chi connectivity index (χ1v) is 8.70. The molecule has 0 radical (unpaired) electrons. The molecule has 0 aliphatic carbocycles. The molecule has 26 heavy (non-hydrogen) atoms. The zero-order valence-corrected chi connectivity index (χ0v) is 15.6. The molecule has 0 aromatic heterocycles. The highest BCUT2D eigenvalue weighted by Crippen LogP contribution is 2.44. The molecule has 2 aliphatic rings. The second kappa shape index (κ2) is 6.43. The molecule has 7 heteroatoms. The average Bonchev–Trinajstić information content (AvgIpc) is 3.11. The molecular weight excluding hydrogens is 358 g/mol. The van der Waals surface area contributed by atoms with Crippen LogP contribution in [0.4, 0.5) is 4.79 Å². The summed E-state index contributed by atoms with van der Waals surface area (Å²) in [6.45, 7) is 5.31. The highest BCUT2D eigenvalue weighted by atomic mass is 35.5. The Morgan fingerprint density at radius 3 is 2.46 bits per heavy atom. The fourth-order valence-electron chi connectivity index (χ4n) is 3.24. The lowest BCUT2D eigenvalue weighted by Gasteiger charge is -2.33. The molecule has 2 aliphatic heterocycles. The van der Waals surface area contributed by atoms with Gasteiger partial charge in [0, 0.05) is 30.0 Å². The summed E-state index contributed by atoms with van der Waals surface area (Å²) in [6.07, 6.45) is 2.37. The molecule has 0 saturated carbocycles. The van der Waals surface area contributed by atoms with Crippen molar-refractivity contribution in [3.8, 4) is 0 Å². The zero-order chi connectivity index (χ0) is 19.1. The monoisotopic (exact) mass is 377 g/mol. The molecule has 0 spiro atoms. The fraction of sp³-hybridized carbons (Fsp3) is 0.421. The van der Waals surface area contributed by atoms with Gasteiger partial charge in [0.25, 0.3) is 0 Å². The summed E-state index contributed by atoms with van der Waals surface area (Å²) in [5, 5.41) is 0.551. The summed E-state index contributed by atoms with van der Waals surface area (Å²) in [7, 11) is 0. The molecule has 3 rings (SSSR count). The summed E-state index contributed by atoms with van der Waals surface area (Å²) >= 11 is 5.95. The standard InChI is InChI=1S/C19H20ClNO5/c1-18(2,3)26-17(24)21-11-13(10-15(21)22)19(9-8-16(23)25-19)12-4-6-14(20)7-5-12/h4-9,13H,10-11H2,1-3H3/t13-,19+/m1/s1. The van der Waals surface area contributed by atoms with Crippen molar-refractivity contribution in [1.29, 1.82) is 0 Å². The Morgan fingerprint density at radius 2 is 1.92 bits per heavy atom. The summed E-state index contributed by atoms with van der Waals surface area (Å²) in [5.41, 5.74) is -1.11. The Bertz CT molecular complexity index is 780. The van der Waals surface area contributed by atoms with E-state index in [2.05, 4.69) is 0 Å². The summed E-state index contributed by atoms with van der Waals surface area (Å²) in [6, 6.07) is 6.90. The van der Waals surface area contributed by atoms with E-state index in [0.717, 1.165) is 4.90 Å². The number of cyclic esters (lactones) is 1. The van der Waals surface area contributed by atoms with Gasteiger partial charge in [0.1, 0.15) is 5.60 Å². The molecule has 2 heterocycles. The smallest absolute Gasteiger partial charge is 0.417 e. The number of benzene rings is 1. The Hall–Kier alpha value is -2.34. The maximum absolute atomic E-state index is 12.4. The minimum Gasteiger partial charge on any atom is -0.446 e. The molecule has 0 N–H and O–H groups in total. The molecule has 1 aromatic rings. The molecule has 2 atom stereocenters. The van der Waals surface area contributed by atoms with E-state index in [9.17, 15) is 14.4 Å². The van der Waals surface area contributed by atoms with Gasteiger partial charge >= 0.3 is 12.1 Å². The molecule has 0 unspecified atom stereocenters. The number of amides is 2. The normalized spacial score (nSPS) is 25.5. The van der Waals surface area contributed by atoms with Crippen molar-refractivity contribution < 1.29 is 23.9 Å². The number of carbonyl (C=O) groups excluding carboxylic acids is 3. The number of ether oxygens (including phenoxy) is 2. The third kappa shape index (κ3) is 3.46. The molecule has 1 aromatic carbocycles. The number of nitrogens with zero attached hydrogens (tertiary/aromatic N) is 1. The van der Waals surface area contributed by atoms with Crippen molar-refractivity contribution in [3.63, 3.8) is 0 Å². The van der Waals surface area contributed by atoms with Gasteiger partial charge in [-0.1, -0.05) is 23.7 Å². The Labute approximate surface area is 156 Å². The van der Waals surface area contributed by atoms with E-state index in [1.165, 1.54) is 6.08 Å². The predicted molar refractivity (Wildman–Crippen MR) is 94.4 cm³/mol. The van der Waals surface area contributed by atoms with Gasteiger partial charge in [-0.2, -0.15) is 0 Å². The van der Waals surface area contributed by atoms with Gasteiger partial charge in [-0.05, 0) is 44.5 Å². The third-order valence-electron chi connectivity index (χ3n) is 4.38. The lowest BCUT2D eigenvalue weighted by molar-refractivity contribution is -0.150. The van der Waals surface area contributed by atoms with Crippen LogP contribution in [0.5, 0.6) is 0 Å². The first kappa shape index (κ1) is 18.5. The molecule has 2 amide bonds. The van der Waals surface area contributed by atoms with Gasteiger partial charge in [-0.25, -0.2) is 14.5 Å². The predicted octanol–water partition coefficient (Wildman–Crippen LogP) is 3.43. The number of esters is 1. The average molecular weight is 378 g/mol. The summed E-state index contributed by atoms with van der Waals surface area (Å²) in [4.78, 5) is 37.6. The first-order valence-electron chi connectivity index (χ1n) is 8.32. The topological polar surface area (TPSA) is 72.9 Å². The first-order chi connectivity index (χ1) is 12.1. The van der Waals surface area contributed by atoms with Crippen LogP contribution in [0, 0.1) is 5.92 Å². The maximum Gasteiger partial charge on any atom is 0.417 e. The van der Waals surface area contributed by atoms with E-state index in [1.54, 1.807) is 51.1 Å². The lowest BCUT2D eigenvalue weighted by atomic mass is 9.80. The van der Waals surface area contributed by atoms with Crippen LogP contribution >= 0.6 is 11.6 Å². The second-order valence-electron chi connectivity index (χ2n) is 7.44. The van der Waals surface area contributed by atoms with Gasteiger partial charge in [0.15, 0.2) is 5.60 Å². The Morgan fingerprint density at radius 1 is 1.27 bits per heavy atom. The quantitative estimate of drug-likeness (QED) is 0.738. The third-order valence-corrected chi connectivity index (χ3v) is 4.63. The molecule has 1 fully saturated rings. The highest BCUT2D eigenvalue weighted by molar-refractivity contribution is 6.30. The van der Waals surface area contributed by atoms with Crippen LogP contribution in [-0.2, 0) is 24.7 Å². The van der Waals surface area contributed by atoms with Crippen LogP contribution in [0.15, 0.2) is 36.4 Å². The van der Waals surface area contributed by atoms with Gasteiger partial charge < -0.3 is 9.47 Å². The van der Waals surface area contributed by atoms with Crippen molar-refractivity contribution >= 4 is 29.6 Å². The van der Waals surface area contributed by atoms with Crippen molar-refractivity contribution in [3.05, 3.63) is 47.0 Å². The summed E-state index contributed by atoms with van der Waals surface area (Å²) in [5.74, 6) is -1.25. The zero-order valence-electron chi connectivity index (χ0n) is 14.8. The number of rotatable bonds is 2. The van der Waals surface area contributed by atoms with Crippen molar-refractivity contribution in [2.24, 2.45) is 5.92 Å². The number of hydrogen-bond acceptors (Lipinski definition) is 5. The van der Waals surface area contributed by atoms with Crippen LogP contribution in [0.1, 0.15) is 32.8 Å². The van der Waals surface area contributed by atoms with E-state index < -0.39 is 29.2 Å². The lowest BCUT2D eigenvalue weighted by Crippen LogP contribution is -2.40. The molecule has 0 bridgehead atoms. The fourth-order valence-corrected chi connectivity index (χ4v) is 3.36. The second-order valence-corrected chi connectivity index (χ2v) is 7.88.